The summed E-state index contributed by atoms with van der Waals surface area (Å²) in [6.45, 7) is 1.40. The first-order valence-corrected chi connectivity index (χ1v) is 8.64. The highest BCUT2D eigenvalue weighted by molar-refractivity contribution is 5.81. The summed E-state index contributed by atoms with van der Waals surface area (Å²) in [4.78, 5) is 19.2. The van der Waals surface area contributed by atoms with Crippen molar-refractivity contribution >= 4 is 5.91 Å². The molecule has 0 radical (unpaired) electrons. The minimum absolute atomic E-state index is 0.0664. The molecule has 1 aromatic heterocycles. The van der Waals surface area contributed by atoms with Gasteiger partial charge in [-0.15, -0.1) is 0 Å². The number of piperidine rings is 1. The summed E-state index contributed by atoms with van der Waals surface area (Å²) in [6, 6.07) is 9.60. The Kier molecular flexibility index (Phi) is 4.30. The molecule has 24 heavy (non-hydrogen) atoms. The van der Waals surface area contributed by atoms with E-state index in [9.17, 15) is 4.79 Å². The Labute approximate surface area is 140 Å². The first kappa shape index (κ1) is 15.3. The average Bonchev–Trinajstić information content (AvgIpc) is 3.34. The fraction of sp³-hybridized carbons (Fsp3) is 0.500. The van der Waals surface area contributed by atoms with Gasteiger partial charge in [0.1, 0.15) is 12.1 Å². The van der Waals surface area contributed by atoms with Crippen LogP contribution in [0.15, 0.2) is 34.9 Å². The second-order valence-electron chi connectivity index (χ2n) is 6.37. The molecule has 2 aromatic rings. The molecule has 6 heteroatoms. The smallest absolute Gasteiger partial charge is 0.252 e. The van der Waals surface area contributed by atoms with E-state index in [0.29, 0.717) is 18.3 Å². The van der Waals surface area contributed by atoms with Crippen molar-refractivity contribution in [3.63, 3.8) is 0 Å². The highest BCUT2D eigenvalue weighted by Gasteiger charge is 2.37. The van der Waals surface area contributed by atoms with Crippen LogP contribution < -0.4 is 0 Å². The normalized spacial score (nSPS) is 24.2. The predicted molar refractivity (Wildman–Crippen MR) is 87.0 cm³/mol. The predicted octanol–water partition coefficient (Wildman–Crippen LogP) is 2.97. The summed E-state index contributed by atoms with van der Waals surface area (Å²) in [5.74, 6) is 1.16. The first-order valence-electron chi connectivity index (χ1n) is 8.64. The van der Waals surface area contributed by atoms with Crippen LogP contribution in [0.4, 0.5) is 0 Å². The third kappa shape index (κ3) is 2.94. The van der Waals surface area contributed by atoms with Gasteiger partial charge < -0.3 is 14.2 Å². The largest absolute Gasteiger partial charge is 0.368 e. The Bertz CT molecular complexity index is 695. The van der Waals surface area contributed by atoms with Crippen LogP contribution in [0.3, 0.4) is 0 Å². The van der Waals surface area contributed by atoms with Gasteiger partial charge in [-0.3, -0.25) is 4.79 Å². The third-order valence-electron chi connectivity index (χ3n) is 4.75. The summed E-state index contributed by atoms with van der Waals surface area (Å²) >= 11 is 0. The Morgan fingerprint density at radius 1 is 1.12 bits per heavy atom. The van der Waals surface area contributed by atoms with E-state index < -0.39 is 0 Å². The van der Waals surface area contributed by atoms with Gasteiger partial charge in [0, 0.05) is 18.7 Å². The fourth-order valence-corrected chi connectivity index (χ4v) is 3.48. The monoisotopic (exact) mass is 327 g/mol. The number of carbonyl (C=O) groups is 1. The van der Waals surface area contributed by atoms with Gasteiger partial charge in [0.25, 0.3) is 5.91 Å². The molecular weight excluding hydrogens is 306 g/mol. The van der Waals surface area contributed by atoms with Gasteiger partial charge in [-0.2, -0.15) is 4.98 Å². The SMILES string of the molecule is O=C([C@@H]1CCCO1)N1CCCC[C@@H]1c1nc(-c2ccccc2)no1. The van der Waals surface area contributed by atoms with Crippen molar-refractivity contribution in [2.24, 2.45) is 0 Å². The maximum absolute atomic E-state index is 12.8. The summed E-state index contributed by atoms with van der Waals surface area (Å²) in [5, 5.41) is 4.10. The van der Waals surface area contributed by atoms with Crippen molar-refractivity contribution < 1.29 is 14.1 Å². The molecule has 126 valence electrons. The number of hydrogen-bond donors (Lipinski definition) is 0. The number of ether oxygens (including phenoxy) is 1. The molecule has 1 amide bonds. The van der Waals surface area contributed by atoms with E-state index in [2.05, 4.69) is 10.1 Å². The summed E-state index contributed by atoms with van der Waals surface area (Å²) < 4.78 is 11.1. The molecule has 0 aliphatic carbocycles. The fourth-order valence-electron chi connectivity index (χ4n) is 3.48. The second kappa shape index (κ2) is 6.73. The molecule has 2 aliphatic rings. The highest BCUT2D eigenvalue weighted by atomic mass is 16.5. The number of carbonyl (C=O) groups excluding carboxylic acids is 1. The number of nitrogens with zero attached hydrogens (tertiary/aromatic N) is 3. The molecule has 0 spiro atoms. The molecule has 0 bridgehead atoms. The zero-order chi connectivity index (χ0) is 16.4. The molecule has 6 nitrogen and oxygen atoms in total. The molecule has 0 N–H and O–H groups in total. The van der Waals surface area contributed by atoms with E-state index in [4.69, 9.17) is 9.26 Å². The van der Waals surface area contributed by atoms with E-state index in [1.165, 1.54) is 0 Å². The van der Waals surface area contributed by atoms with Crippen LogP contribution in [0.2, 0.25) is 0 Å². The Morgan fingerprint density at radius 2 is 2.00 bits per heavy atom. The van der Waals surface area contributed by atoms with Crippen LogP contribution in [0, 0.1) is 0 Å². The van der Waals surface area contributed by atoms with E-state index in [0.717, 1.165) is 44.2 Å². The van der Waals surface area contributed by atoms with Gasteiger partial charge in [0.15, 0.2) is 0 Å². The Morgan fingerprint density at radius 3 is 2.79 bits per heavy atom. The highest BCUT2D eigenvalue weighted by Crippen LogP contribution is 2.32. The zero-order valence-electron chi connectivity index (χ0n) is 13.6. The van der Waals surface area contributed by atoms with Crippen LogP contribution >= 0.6 is 0 Å². The van der Waals surface area contributed by atoms with E-state index in [-0.39, 0.29) is 18.1 Å². The molecular formula is C18H21N3O3. The minimum atomic E-state index is -0.304. The maximum Gasteiger partial charge on any atom is 0.252 e. The lowest BCUT2D eigenvalue weighted by Gasteiger charge is -2.34. The zero-order valence-corrected chi connectivity index (χ0v) is 13.6. The average molecular weight is 327 g/mol. The van der Waals surface area contributed by atoms with Gasteiger partial charge in [0.05, 0.1) is 0 Å². The number of likely N-dealkylation sites (tertiary alicyclic amines) is 1. The number of benzene rings is 1. The lowest BCUT2D eigenvalue weighted by atomic mass is 10.0. The number of rotatable bonds is 3. The van der Waals surface area contributed by atoms with Gasteiger partial charge in [-0.1, -0.05) is 35.5 Å². The molecule has 2 atom stereocenters. The van der Waals surface area contributed by atoms with Gasteiger partial charge in [0.2, 0.25) is 11.7 Å². The van der Waals surface area contributed by atoms with Crippen LogP contribution in [0.25, 0.3) is 11.4 Å². The number of hydrogen-bond acceptors (Lipinski definition) is 5. The Balaban J connectivity index is 1.57. The maximum atomic E-state index is 12.8. The quantitative estimate of drug-likeness (QED) is 0.867. The first-order chi connectivity index (χ1) is 11.8. The van der Waals surface area contributed by atoms with Crippen molar-refractivity contribution in [2.75, 3.05) is 13.2 Å². The summed E-state index contributed by atoms with van der Waals surface area (Å²) in [7, 11) is 0. The van der Waals surface area contributed by atoms with Crippen molar-refractivity contribution in [1.82, 2.24) is 15.0 Å². The molecule has 2 fully saturated rings. The molecule has 0 saturated carbocycles. The van der Waals surface area contributed by atoms with Gasteiger partial charge >= 0.3 is 0 Å². The summed E-state index contributed by atoms with van der Waals surface area (Å²) in [5.41, 5.74) is 0.917. The van der Waals surface area contributed by atoms with Crippen molar-refractivity contribution in [1.29, 1.82) is 0 Å². The molecule has 4 rings (SSSR count). The van der Waals surface area contributed by atoms with E-state index in [1.807, 2.05) is 35.2 Å². The molecule has 1 aromatic carbocycles. The number of aromatic nitrogens is 2. The van der Waals surface area contributed by atoms with Gasteiger partial charge in [-0.25, -0.2) is 0 Å². The third-order valence-corrected chi connectivity index (χ3v) is 4.75. The standard InChI is InChI=1S/C18H21N3O3/c22-18(15-10-6-12-23-15)21-11-5-4-9-14(21)17-19-16(20-24-17)13-7-2-1-3-8-13/h1-3,7-8,14-15H,4-6,9-12H2/t14-,15+/m1/s1. The lowest BCUT2D eigenvalue weighted by molar-refractivity contribution is -0.145. The van der Waals surface area contributed by atoms with Crippen LogP contribution in [0.1, 0.15) is 44.0 Å². The van der Waals surface area contributed by atoms with Gasteiger partial charge in [-0.05, 0) is 32.1 Å². The van der Waals surface area contributed by atoms with Crippen LogP contribution in [0.5, 0.6) is 0 Å². The van der Waals surface area contributed by atoms with E-state index in [1.54, 1.807) is 0 Å². The van der Waals surface area contributed by atoms with Crippen LogP contribution in [-0.4, -0.2) is 40.2 Å². The van der Waals surface area contributed by atoms with E-state index >= 15 is 0 Å². The molecule has 2 saturated heterocycles. The van der Waals surface area contributed by atoms with Crippen molar-refractivity contribution in [3.8, 4) is 11.4 Å². The van der Waals surface area contributed by atoms with Crippen molar-refractivity contribution in [2.45, 2.75) is 44.2 Å². The Hall–Kier alpha value is -2.21. The molecule has 2 aliphatic heterocycles. The lowest BCUT2D eigenvalue weighted by Crippen LogP contribution is -2.44. The molecule has 0 unspecified atom stereocenters. The molecule has 3 heterocycles. The minimum Gasteiger partial charge on any atom is -0.368 e. The summed E-state index contributed by atoms with van der Waals surface area (Å²) in [6.07, 6.45) is 4.38. The van der Waals surface area contributed by atoms with Crippen molar-refractivity contribution in [3.05, 3.63) is 36.2 Å². The second-order valence-corrected chi connectivity index (χ2v) is 6.37. The van der Waals surface area contributed by atoms with Crippen LogP contribution in [-0.2, 0) is 9.53 Å². The topological polar surface area (TPSA) is 68.5 Å². The number of amides is 1.